The Morgan fingerprint density at radius 2 is 1.66 bits per heavy atom. The van der Waals surface area contributed by atoms with E-state index < -0.39 is 29.5 Å². The predicted molar refractivity (Wildman–Crippen MR) is 114 cm³/mol. The average molecular weight is 433 g/mol. The van der Waals surface area contributed by atoms with Gasteiger partial charge >= 0.3 is 5.97 Å². The van der Waals surface area contributed by atoms with Crippen LogP contribution in [0.3, 0.4) is 0 Å². The minimum Gasteiger partial charge on any atom is -0.508 e. The minimum absolute atomic E-state index is 0.0653. The number of aromatic hydroxyl groups is 2. The van der Waals surface area contributed by atoms with Crippen molar-refractivity contribution < 1.29 is 34.5 Å². The number of Topliss-reactive ketones (excluding diaryl/α,β-unsaturated/α-hetero) is 1. The highest BCUT2D eigenvalue weighted by Gasteiger charge is 2.42. The second-order valence-electron chi connectivity index (χ2n) is 7.20. The number of ketones is 1. The van der Waals surface area contributed by atoms with Crippen molar-refractivity contribution in [3.8, 4) is 17.2 Å². The summed E-state index contributed by atoms with van der Waals surface area (Å²) in [6.45, 7) is 0. The summed E-state index contributed by atoms with van der Waals surface area (Å²) < 4.78 is 5.18. The Morgan fingerprint density at radius 1 is 0.969 bits per heavy atom. The molecule has 1 heterocycles. The van der Waals surface area contributed by atoms with E-state index in [9.17, 15) is 24.9 Å². The standard InChI is InChI=1S/C24H19NO7/c1-31-17-9-4-13(5-10-17)21-20(23(32-25-21)14-2-7-16(26)8-3-14)22(28)15-6-11-19(27)18(12-15)24(29)30/h2-12,20,23,26-27H,1H3,(H,29,30). The highest BCUT2D eigenvalue weighted by molar-refractivity contribution is 6.19. The topological polar surface area (TPSA) is 126 Å². The summed E-state index contributed by atoms with van der Waals surface area (Å²) in [5.41, 5.74) is 1.36. The molecule has 0 fully saturated rings. The number of rotatable bonds is 6. The molecule has 0 bridgehead atoms. The number of carbonyl (C=O) groups is 2. The number of carbonyl (C=O) groups excluding carboxylic acids is 1. The first-order valence-corrected chi connectivity index (χ1v) is 9.66. The highest BCUT2D eigenvalue weighted by Crippen LogP contribution is 2.38. The van der Waals surface area contributed by atoms with E-state index in [1.807, 2.05) is 0 Å². The molecular weight excluding hydrogens is 414 g/mol. The highest BCUT2D eigenvalue weighted by atomic mass is 16.6. The number of ether oxygens (including phenoxy) is 1. The predicted octanol–water partition coefficient (Wildman–Crippen LogP) is 3.78. The summed E-state index contributed by atoms with van der Waals surface area (Å²) in [6.07, 6.45) is -0.790. The molecular formula is C24H19NO7. The molecule has 1 aliphatic heterocycles. The fourth-order valence-corrected chi connectivity index (χ4v) is 3.59. The molecule has 4 rings (SSSR count). The van der Waals surface area contributed by atoms with E-state index in [4.69, 9.17) is 9.57 Å². The van der Waals surface area contributed by atoms with Crippen LogP contribution in [0.1, 0.15) is 37.9 Å². The summed E-state index contributed by atoms with van der Waals surface area (Å²) in [7, 11) is 1.54. The number of phenolic OH excluding ortho intramolecular Hbond substituents is 1. The molecule has 3 N–H and O–H groups in total. The normalized spacial score (nSPS) is 17.3. The molecule has 0 amide bonds. The zero-order chi connectivity index (χ0) is 22.8. The van der Waals surface area contributed by atoms with Gasteiger partial charge in [-0.2, -0.15) is 0 Å². The Labute approximate surface area is 183 Å². The van der Waals surface area contributed by atoms with Crippen molar-refractivity contribution in [3.63, 3.8) is 0 Å². The van der Waals surface area contributed by atoms with E-state index in [2.05, 4.69) is 5.16 Å². The van der Waals surface area contributed by atoms with Crippen LogP contribution in [-0.2, 0) is 4.84 Å². The zero-order valence-electron chi connectivity index (χ0n) is 16.9. The van der Waals surface area contributed by atoms with Crippen molar-refractivity contribution >= 4 is 17.5 Å². The Morgan fingerprint density at radius 3 is 2.28 bits per heavy atom. The molecule has 0 aromatic heterocycles. The van der Waals surface area contributed by atoms with E-state index in [1.165, 1.54) is 24.3 Å². The second-order valence-corrected chi connectivity index (χ2v) is 7.20. The number of hydrogen-bond donors (Lipinski definition) is 3. The third kappa shape index (κ3) is 3.85. The number of phenols is 2. The Balaban J connectivity index is 1.78. The molecule has 32 heavy (non-hydrogen) atoms. The molecule has 0 saturated heterocycles. The van der Waals surface area contributed by atoms with Gasteiger partial charge in [0.1, 0.15) is 34.4 Å². The van der Waals surface area contributed by atoms with Crippen LogP contribution in [0.4, 0.5) is 0 Å². The van der Waals surface area contributed by atoms with Gasteiger partial charge in [-0.25, -0.2) is 4.79 Å². The van der Waals surface area contributed by atoms with Gasteiger partial charge < -0.3 is 24.9 Å². The Kier molecular flexibility index (Phi) is 5.51. The van der Waals surface area contributed by atoms with E-state index in [0.717, 1.165) is 6.07 Å². The van der Waals surface area contributed by atoms with Crippen molar-refractivity contribution in [1.29, 1.82) is 0 Å². The summed E-state index contributed by atoms with van der Waals surface area (Å²) in [4.78, 5) is 30.7. The molecule has 2 unspecified atom stereocenters. The summed E-state index contributed by atoms with van der Waals surface area (Å²) in [6, 6.07) is 16.9. The molecule has 3 aromatic rings. The molecule has 2 atom stereocenters. The number of benzene rings is 3. The maximum absolute atomic E-state index is 13.6. The fourth-order valence-electron chi connectivity index (χ4n) is 3.59. The van der Waals surface area contributed by atoms with Crippen LogP contribution in [-0.4, -0.2) is 39.9 Å². The summed E-state index contributed by atoms with van der Waals surface area (Å²) >= 11 is 0. The van der Waals surface area contributed by atoms with Crippen molar-refractivity contribution in [2.45, 2.75) is 6.10 Å². The second kappa shape index (κ2) is 8.43. The summed E-state index contributed by atoms with van der Waals surface area (Å²) in [5.74, 6) is -2.39. The lowest BCUT2D eigenvalue weighted by Gasteiger charge is -2.19. The monoisotopic (exact) mass is 433 g/mol. The van der Waals surface area contributed by atoms with Crippen LogP contribution in [0.15, 0.2) is 71.9 Å². The lowest BCUT2D eigenvalue weighted by Crippen LogP contribution is -2.27. The average Bonchev–Trinajstić information content (AvgIpc) is 3.24. The molecule has 162 valence electrons. The van der Waals surface area contributed by atoms with Crippen molar-refractivity contribution in [2.24, 2.45) is 11.1 Å². The number of methoxy groups -OCH3 is 1. The first kappa shape index (κ1) is 20.9. The van der Waals surface area contributed by atoms with Crippen molar-refractivity contribution in [3.05, 3.63) is 89.0 Å². The maximum atomic E-state index is 13.6. The SMILES string of the molecule is COc1ccc(C2=NOC(c3ccc(O)cc3)C2C(=O)c2ccc(O)c(C(=O)O)c2)cc1. The fraction of sp³-hybridized carbons (Fsp3) is 0.125. The van der Waals surface area contributed by atoms with E-state index in [0.29, 0.717) is 22.6 Å². The first-order chi connectivity index (χ1) is 15.4. The van der Waals surface area contributed by atoms with Gasteiger partial charge in [0.25, 0.3) is 0 Å². The van der Waals surface area contributed by atoms with Gasteiger partial charge in [0.2, 0.25) is 0 Å². The molecule has 8 heteroatoms. The van der Waals surface area contributed by atoms with E-state index in [-0.39, 0.29) is 16.9 Å². The van der Waals surface area contributed by atoms with Crippen LogP contribution in [0.25, 0.3) is 0 Å². The number of oxime groups is 1. The lowest BCUT2D eigenvalue weighted by atomic mass is 9.83. The zero-order valence-corrected chi connectivity index (χ0v) is 16.9. The van der Waals surface area contributed by atoms with Crippen LogP contribution >= 0.6 is 0 Å². The third-order valence-electron chi connectivity index (χ3n) is 5.26. The first-order valence-electron chi connectivity index (χ1n) is 9.66. The molecule has 0 aliphatic carbocycles. The van der Waals surface area contributed by atoms with Gasteiger partial charge in [0, 0.05) is 11.1 Å². The largest absolute Gasteiger partial charge is 0.508 e. The number of carboxylic acids is 1. The van der Waals surface area contributed by atoms with Crippen molar-refractivity contribution in [2.75, 3.05) is 7.11 Å². The van der Waals surface area contributed by atoms with Gasteiger partial charge in [-0.15, -0.1) is 0 Å². The van der Waals surface area contributed by atoms with Crippen LogP contribution in [0.2, 0.25) is 0 Å². The third-order valence-corrected chi connectivity index (χ3v) is 5.26. The molecule has 1 aliphatic rings. The molecule has 0 spiro atoms. The van der Waals surface area contributed by atoms with Gasteiger partial charge in [0.15, 0.2) is 11.9 Å². The molecule has 0 saturated carbocycles. The number of aromatic carboxylic acids is 1. The van der Waals surface area contributed by atoms with Gasteiger partial charge in [0.05, 0.1) is 7.11 Å². The smallest absolute Gasteiger partial charge is 0.339 e. The minimum atomic E-state index is -1.35. The molecule has 8 nitrogen and oxygen atoms in total. The summed E-state index contributed by atoms with van der Waals surface area (Å²) in [5, 5.41) is 32.9. The van der Waals surface area contributed by atoms with Crippen LogP contribution in [0.5, 0.6) is 17.2 Å². The van der Waals surface area contributed by atoms with Gasteiger partial charge in [-0.05, 0) is 60.2 Å². The lowest BCUT2D eigenvalue weighted by molar-refractivity contribution is 0.0533. The van der Waals surface area contributed by atoms with Gasteiger partial charge in [-0.1, -0.05) is 17.3 Å². The molecule has 3 aromatic carbocycles. The van der Waals surface area contributed by atoms with E-state index >= 15 is 0 Å². The van der Waals surface area contributed by atoms with Gasteiger partial charge in [-0.3, -0.25) is 4.79 Å². The van der Waals surface area contributed by atoms with Crippen LogP contribution in [0, 0.1) is 5.92 Å². The quantitative estimate of drug-likeness (QED) is 0.505. The number of hydrogen-bond acceptors (Lipinski definition) is 7. The Hall–Kier alpha value is -4.33. The number of carboxylic acid groups (broad SMARTS) is 1. The van der Waals surface area contributed by atoms with Crippen LogP contribution < -0.4 is 4.74 Å². The Bertz CT molecular complexity index is 1200. The molecule has 0 radical (unpaired) electrons. The van der Waals surface area contributed by atoms with E-state index in [1.54, 1.807) is 43.5 Å². The maximum Gasteiger partial charge on any atom is 0.339 e. The van der Waals surface area contributed by atoms with Crippen molar-refractivity contribution in [1.82, 2.24) is 0 Å². The number of nitrogens with zero attached hydrogens (tertiary/aromatic N) is 1.